The second kappa shape index (κ2) is 7.94. The van der Waals surface area contributed by atoms with Gasteiger partial charge in [0.1, 0.15) is 0 Å². The Hall–Kier alpha value is -2.14. The molecule has 1 aromatic heterocycles. The fourth-order valence-electron chi connectivity index (χ4n) is 4.95. The summed E-state index contributed by atoms with van der Waals surface area (Å²) in [6.45, 7) is 7.64. The Kier molecular flexibility index (Phi) is 5.52. The zero-order chi connectivity index (χ0) is 20.6. The van der Waals surface area contributed by atoms with E-state index in [1.54, 1.807) is 0 Å². The standard InChI is InChI=1S/C24H33N3O2/c1-16(21-8-4-6-17-7-5-13-25-22(17)21)18-14-27(15-18)23(28)26-20-11-9-19(10-12-20)24(2,3)29/h4-8,13,16,18-20,29H,9-12,14-15H2,1-3H3,(H,26,28). The van der Waals surface area contributed by atoms with Crippen molar-refractivity contribution in [2.45, 2.75) is 64.0 Å². The van der Waals surface area contributed by atoms with Gasteiger partial charge in [-0.3, -0.25) is 4.98 Å². The van der Waals surface area contributed by atoms with E-state index in [1.165, 1.54) is 10.9 Å². The van der Waals surface area contributed by atoms with Crippen LogP contribution in [0.4, 0.5) is 4.79 Å². The monoisotopic (exact) mass is 395 g/mol. The average Bonchev–Trinajstić information content (AvgIpc) is 2.66. The molecular weight excluding hydrogens is 362 g/mol. The molecule has 29 heavy (non-hydrogen) atoms. The minimum atomic E-state index is -0.619. The molecule has 1 unspecified atom stereocenters. The molecule has 2 heterocycles. The number of aromatic nitrogens is 1. The van der Waals surface area contributed by atoms with Gasteiger partial charge in [-0.05, 0) is 63.0 Å². The highest BCUT2D eigenvalue weighted by Crippen LogP contribution is 2.35. The van der Waals surface area contributed by atoms with Crippen LogP contribution in [0.1, 0.15) is 57.9 Å². The number of amides is 2. The number of hydrogen-bond acceptors (Lipinski definition) is 3. The highest BCUT2D eigenvalue weighted by Gasteiger charge is 2.37. The first-order valence-electron chi connectivity index (χ1n) is 10.9. The van der Waals surface area contributed by atoms with Crippen LogP contribution in [0.3, 0.4) is 0 Å². The lowest BCUT2D eigenvalue weighted by Gasteiger charge is -2.44. The van der Waals surface area contributed by atoms with Crippen molar-refractivity contribution >= 4 is 16.9 Å². The number of nitrogens with zero attached hydrogens (tertiary/aromatic N) is 2. The SMILES string of the molecule is CC(c1cccc2cccnc12)C1CN(C(=O)NC2CCC(C(C)(C)O)CC2)C1. The van der Waals surface area contributed by atoms with Gasteiger partial charge < -0.3 is 15.3 Å². The minimum absolute atomic E-state index is 0.0659. The molecule has 5 nitrogen and oxygen atoms in total. The molecule has 156 valence electrons. The van der Waals surface area contributed by atoms with Gasteiger partial charge in [-0.15, -0.1) is 0 Å². The quantitative estimate of drug-likeness (QED) is 0.811. The van der Waals surface area contributed by atoms with Gasteiger partial charge in [0, 0.05) is 36.6 Å². The summed E-state index contributed by atoms with van der Waals surface area (Å²) in [6, 6.07) is 10.8. The Bertz CT molecular complexity index is 857. The summed E-state index contributed by atoms with van der Waals surface area (Å²) < 4.78 is 0. The maximum Gasteiger partial charge on any atom is 0.317 e. The number of hydrogen-bond donors (Lipinski definition) is 2. The molecule has 2 fully saturated rings. The first-order chi connectivity index (χ1) is 13.8. The summed E-state index contributed by atoms with van der Waals surface area (Å²) >= 11 is 0. The lowest BCUT2D eigenvalue weighted by atomic mass is 9.77. The van der Waals surface area contributed by atoms with Crippen LogP contribution >= 0.6 is 0 Å². The molecule has 2 amide bonds. The molecule has 0 spiro atoms. The predicted octanol–water partition coefficient (Wildman–Crippen LogP) is 4.31. The molecular formula is C24H33N3O2. The molecule has 1 aliphatic heterocycles. The topological polar surface area (TPSA) is 65.5 Å². The number of para-hydroxylation sites is 1. The zero-order valence-corrected chi connectivity index (χ0v) is 17.8. The number of urea groups is 1. The van der Waals surface area contributed by atoms with E-state index < -0.39 is 5.60 Å². The number of benzene rings is 1. The van der Waals surface area contributed by atoms with Crippen LogP contribution < -0.4 is 5.32 Å². The summed E-state index contributed by atoms with van der Waals surface area (Å²) in [5.74, 6) is 1.18. The number of fused-ring (bicyclic) bond motifs is 1. The summed E-state index contributed by atoms with van der Waals surface area (Å²) in [6.07, 6.45) is 5.71. The van der Waals surface area contributed by atoms with E-state index >= 15 is 0 Å². The summed E-state index contributed by atoms with van der Waals surface area (Å²) in [5.41, 5.74) is 1.73. The smallest absolute Gasteiger partial charge is 0.317 e. The van der Waals surface area contributed by atoms with Crippen LogP contribution in [-0.2, 0) is 0 Å². The summed E-state index contributed by atoms with van der Waals surface area (Å²) in [7, 11) is 0. The lowest BCUT2D eigenvalue weighted by molar-refractivity contribution is -0.00277. The number of pyridine rings is 1. The van der Waals surface area contributed by atoms with E-state index in [0.29, 0.717) is 17.8 Å². The van der Waals surface area contributed by atoms with Gasteiger partial charge in [0.25, 0.3) is 0 Å². The second-order valence-corrected chi connectivity index (χ2v) is 9.53. The highest BCUT2D eigenvalue weighted by molar-refractivity contribution is 5.82. The van der Waals surface area contributed by atoms with E-state index in [4.69, 9.17) is 0 Å². The molecule has 1 saturated heterocycles. The van der Waals surface area contributed by atoms with Crippen LogP contribution in [0, 0.1) is 11.8 Å². The third-order valence-corrected chi connectivity index (χ3v) is 7.11. The van der Waals surface area contributed by atoms with Crippen molar-refractivity contribution in [3.63, 3.8) is 0 Å². The van der Waals surface area contributed by atoms with E-state index in [2.05, 4.69) is 41.5 Å². The molecule has 1 aliphatic carbocycles. The molecule has 5 heteroatoms. The molecule has 2 aromatic rings. The van der Waals surface area contributed by atoms with Gasteiger partial charge in [0.05, 0.1) is 11.1 Å². The summed E-state index contributed by atoms with van der Waals surface area (Å²) in [5, 5.41) is 14.6. The Morgan fingerprint density at radius 1 is 1.17 bits per heavy atom. The molecule has 1 aromatic carbocycles. The van der Waals surface area contributed by atoms with Crippen molar-refractivity contribution in [2.24, 2.45) is 11.8 Å². The first kappa shape index (κ1) is 20.1. The first-order valence-corrected chi connectivity index (χ1v) is 10.9. The van der Waals surface area contributed by atoms with Gasteiger partial charge in [0.2, 0.25) is 0 Å². The van der Waals surface area contributed by atoms with E-state index in [1.807, 2.05) is 31.0 Å². The highest BCUT2D eigenvalue weighted by atomic mass is 16.3. The van der Waals surface area contributed by atoms with Gasteiger partial charge in [-0.1, -0.05) is 31.2 Å². The molecule has 2 aliphatic rings. The third-order valence-electron chi connectivity index (χ3n) is 7.11. The number of carbonyl (C=O) groups is 1. The average molecular weight is 396 g/mol. The second-order valence-electron chi connectivity index (χ2n) is 9.53. The molecule has 1 atom stereocenters. The van der Waals surface area contributed by atoms with Crippen molar-refractivity contribution in [1.82, 2.24) is 15.2 Å². The Morgan fingerprint density at radius 3 is 2.55 bits per heavy atom. The fourth-order valence-corrected chi connectivity index (χ4v) is 4.95. The van der Waals surface area contributed by atoms with E-state index in [-0.39, 0.29) is 12.1 Å². The van der Waals surface area contributed by atoms with Crippen LogP contribution in [0.2, 0.25) is 0 Å². The lowest BCUT2D eigenvalue weighted by Crippen LogP contribution is -2.57. The Morgan fingerprint density at radius 2 is 1.86 bits per heavy atom. The third kappa shape index (κ3) is 4.25. The number of rotatable bonds is 4. The van der Waals surface area contributed by atoms with E-state index in [9.17, 15) is 9.90 Å². The normalized spacial score (nSPS) is 24.2. The van der Waals surface area contributed by atoms with Gasteiger partial charge >= 0.3 is 6.03 Å². The van der Waals surface area contributed by atoms with Crippen molar-refractivity contribution in [3.8, 4) is 0 Å². The van der Waals surface area contributed by atoms with Crippen LogP contribution in [0.25, 0.3) is 10.9 Å². The van der Waals surface area contributed by atoms with Gasteiger partial charge in [-0.25, -0.2) is 4.79 Å². The number of nitrogens with one attached hydrogen (secondary N) is 1. The largest absolute Gasteiger partial charge is 0.390 e. The minimum Gasteiger partial charge on any atom is -0.390 e. The number of aliphatic hydroxyl groups is 1. The van der Waals surface area contributed by atoms with Crippen molar-refractivity contribution in [3.05, 3.63) is 42.1 Å². The zero-order valence-electron chi connectivity index (χ0n) is 17.8. The maximum atomic E-state index is 12.6. The number of carbonyl (C=O) groups excluding carboxylic acids is 1. The summed E-state index contributed by atoms with van der Waals surface area (Å²) in [4.78, 5) is 19.2. The Labute approximate surface area is 173 Å². The van der Waals surface area contributed by atoms with Crippen molar-refractivity contribution in [2.75, 3.05) is 13.1 Å². The van der Waals surface area contributed by atoms with E-state index in [0.717, 1.165) is 44.3 Å². The molecule has 1 saturated carbocycles. The number of likely N-dealkylation sites (tertiary alicyclic amines) is 1. The fraction of sp³-hybridized carbons (Fsp3) is 0.583. The van der Waals surface area contributed by atoms with Gasteiger partial charge in [-0.2, -0.15) is 0 Å². The van der Waals surface area contributed by atoms with Crippen molar-refractivity contribution in [1.29, 1.82) is 0 Å². The molecule has 0 bridgehead atoms. The van der Waals surface area contributed by atoms with Crippen LogP contribution in [0.15, 0.2) is 36.5 Å². The van der Waals surface area contributed by atoms with Gasteiger partial charge in [0.15, 0.2) is 0 Å². The predicted molar refractivity (Wildman–Crippen MR) is 116 cm³/mol. The molecule has 4 rings (SSSR count). The molecule has 0 radical (unpaired) electrons. The molecule has 2 N–H and O–H groups in total. The van der Waals surface area contributed by atoms with Crippen LogP contribution in [0.5, 0.6) is 0 Å². The Balaban J connectivity index is 1.29. The van der Waals surface area contributed by atoms with Crippen LogP contribution in [-0.4, -0.2) is 45.8 Å². The van der Waals surface area contributed by atoms with Crippen molar-refractivity contribution < 1.29 is 9.90 Å². The maximum absolute atomic E-state index is 12.6.